The molecule has 1 aromatic heterocycles. The molecular weight excluding hydrogens is 1250 g/mol. The zero-order valence-electron chi connectivity index (χ0n) is 48.9. The first-order valence-corrected chi connectivity index (χ1v) is 29.3. The number of carbonyl (C=O) groups is 9. The predicted molar refractivity (Wildman–Crippen MR) is 308 cm³/mol. The van der Waals surface area contributed by atoms with E-state index in [1.165, 1.54) is 0 Å². The number of nitrogens with zero attached hydrogens (tertiary/aromatic N) is 2. The molecule has 0 saturated heterocycles. The standard InChI is InChI=1S/C52H73F2N5O14S2.2C2HF3O2/c1-52(2,3)48(44-26-36(41-27-38(53)12-13-42(41)54)31-58(44)30-35-9-5-4-6-10-35)59(16-8-15-55)46(62)34-74-32-37(50(66)67)25-39(60)14-18-71-20-22-73-24-23-72-21-19-70-17-7-11-40(61)29-57-49(65)45(28-47(63)64)75-33-43(56)51(68)69;2*3-2(4,5)1(6)7/h4-6,9-10,12-13,26-27,31,37,43,45,48H,7-8,11,14-25,28-30,32-34,55-56H2,1-3H3,(H,57,65)(H,63,64)(H,66,67)(H,68,69);2*(H,6,7)/t37-,43-,45?,48-;;/m0../s1. The van der Waals surface area contributed by atoms with Crippen molar-refractivity contribution in [3.8, 4) is 11.1 Å². The summed E-state index contributed by atoms with van der Waals surface area (Å²) in [5.74, 6) is -13.2. The average Bonchev–Trinajstić information content (AvgIpc) is 1.70. The summed E-state index contributed by atoms with van der Waals surface area (Å²) in [4.78, 5) is 105. The van der Waals surface area contributed by atoms with Gasteiger partial charge in [0, 0.05) is 73.5 Å². The second-order valence-corrected chi connectivity index (χ2v) is 22.5. The number of nitrogens with two attached hydrogens (primary N) is 2. The van der Waals surface area contributed by atoms with Crippen molar-refractivity contribution in [2.24, 2.45) is 22.8 Å². The van der Waals surface area contributed by atoms with Crippen molar-refractivity contribution in [2.45, 2.75) is 95.5 Å². The molecular formula is C56H75F8N5O18S2. The Labute approximate surface area is 515 Å². The minimum absolute atomic E-state index is 0.00669. The van der Waals surface area contributed by atoms with E-state index in [4.69, 9.17) is 60.4 Å². The highest BCUT2D eigenvalue weighted by Gasteiger charge is 2.40. The van der Waals surface area contributed by atoms with Gasteiger partial charge in [0.15, 0.2) is 5.78 Å². The highest BCUT2D eigenvalue weighted by atomic mass is 32.2. The number of hydrogen-bond acceptors (Lipinski definition) is 17. The first-order chi connectivity index (χ1) is 41.6. The molecule has 4 atom stereocenters. The van der Waals surface area contributed by atoms with E-state index in [2.05, 4.69) is 5.32 Å². The first kappa shape index (κ1) is 80.3. The normalized spacial score (nSPS) is 12.9. The van der Waals surface area contributed by atoms with Gasteiger partial charge in [-0.1, -0.05) is 51.1 Å². The number of amides is 2. The van der Waals surface area contributed by atoms with Crippen LogP contribution < -0.4 is 16.8 Å². The SMILES string of the molecule is CC(C)(C)[C@H](c1cc(-c2cc(F)ccc2F)cn1Cc1ccccc1)N(CCCN)C(=O)CSC[C@H](CC(=O)CCOCCOCCOCCOCCCC(=O)CNC(=O)C(CC(=O)O)SC[C@H](N)C(=O)O)C(=O)O.O=C(O)C(F)(F)F.O=C(O)C(F)(F)F. The molecule has 0 aliphatic carbocycles. The largest absolute Gasteiger partial charge is 0.490 e. The van der Waals surface area contributed by atoms with Gasteiger partial charge in [0.1, 0.15) is 23.5 Å². The number of rotatable bonds is 40. The molecule has 2 aromatic carbocycles. The van der Waals surface area contributed by atoms with E-state index in [0.717, 1.165) is 47.3 Å². The second-order valence-electron chi connectivity index (χ2n) is 20.2. The number of alkyl halides is 6. The van der Waals surface area contributed by atoms with Crippen molar-refractivity contribution in [3.63, 3.8) is 0 Å². The molecule has 0 saturated carbocycles. The molecule has 2 amide bonds. The van der Waals surface area contributed by atoms with Crippen LogP contribution in [-0.4, -0.2) is 202 Å². The lowest BCUT2D eigenvalue weighted by atomic mass is 9.83. The van der Waals surface area contributed by atoms with E-state index in [9.17, 15) is 69.4 Å². The van der Waals surface area contributed by atoms with Crippen molar-refractivity contribution in [3.05, 3.63) is 83.7 Å². The third-order valence-electron chi connectivity index (χ3n) is 11.8. The van der Waals surface area contributed by atoms with E-state index in [-0.39, 0.29) is 126 Å². The Morgan fingerprint density at radius 2 is 1.24 bits per heavy atom. The zero-order chi connectivity index (χ0) is 67.5. The second kappa shape index (κ2) is 41.5. The first-order valence-electron chi connectivity index (χ1n) is 27.1. The van der Waals surface area contributed by atoms with Gasteiger partial charge in [0.2, 0.25) is 11.8 Å². The van der Waals surface area contributed by atoms with Crippen molar-refractivity contribution in [1.29, 1.82) is 0 Å². The van der Waals surface area contributed by atoms with E-state index in [1.807, 2.05) is 55.7 Å². The molecule has 3 aromatic rings. The summed E-state index contributed by atoms with van der Waals surface area (Å²) in [5.41, 5.74) is 13.0. The van der Waals surface area contributed by atoms with Crippen molar-refractivity contribution in [2.75, 3.05) is 89.7 Å². The predicted octanol–water partition coefficient (Wildman–Crippen LogP) is 6.32. The molecule has 500 valence electrons. The van der Waals surface area contributed by atoms with Crippen LogP contribution in [-0.2, 0) is 68.6 Å². The molecule has 0 aliphatic heterocycles. The summed E-state index contributed by atoms with van der Waals surface area (Å²) >= 11 is 1.92. The Morgan fingerprint density at radius 3 is 1.74 bits per heavy atom. The molecule has 3 rings (SSSR count). The minimum atomic E-state index is -5.08. The minimum Gasteiger partial charge on any atom is -0.481 e. The molecule has 23 nitrogen and oxygen atoms in total. The quantitative estimate of drug-likeness (QED) is 0.0228. The summed E-state index contributed by atoms with van der Waals surface area (Å²) in [6.45, 7) is 8.47. The van der Waals surface area contributed by atoms with Crippen LogP contribution >= 0.6 is 23.5 Å². The van der Waals surface area contributed by atoms with Gasteiger partial charge in [-0.15, -0.1) is 11.8 Å². The topological polar surface area (TPSA) is 364 Å². The third-order valence-corrected chi connectivity index (χ3v) is 14.3. The van der Waals surface area contributed by atoms with E-state index < -0.39 is 94.8 Å². The zero-order valence-corrected chi connectivity index (χ0v) is 50.5. The Kier molecular flexibility index (Phi) is 37.5. The molecule has 0 bridgehead atoms. The fourth-order valence-corrected chi connectivity index (χ4v) is 9.70. The van der Waals surface area contributed by atoms with Gasteiger partial charge < -0.3 is 70.7 Å². The van der Waals surface area contributed by atoms with Crippen molar-refractivity contribution in [1.82, 2.24) is 14.8 Å². The van der Waals surface area contributed by atoms with Crippen LogP contribution in [0.2, 0.25) is 0 Å². The van der Waals surface area contributed by atoms with Gasteiger partial charge in [-0.3, -0.25) is 33.6 Å². The summed E-state index contributed by atoms with van der Waals surface area (Å²) in [7, 11) is 0. The number of ketones is 2. The number of halogens is 8. The van der Waals surface area contributed by atoms with Gasteiger partial charge in [-0.2, -0.15) is 38.1 Å². The Morgan fingerprint density at radius 1 is 0.685 bits per heavy atom. The number of aromatic nitrogens is 1. The summed E-state index contributed by atoms with van der Waals surface area (Å²) in [6.07, 6.45) is -8.24. The Bertz CT molecular complexity index is 2700. The van der Waals surface area contributed by atoms with Crippen molar-refractivity contribution < 1.29 is 123 Å². The number of benzene rings is 2. The fourth-order valence-electron chi connectivity index (χ4n) is 7.62. The molecule has 10 N–H and O–H groups in total. The number of nitrogens with one attached hydrogen (secondary N) is 1. The van der Waals surface area contributed by atoms with Crippen LogP contribution in [0, 0.1) is 23.0 Å². The maximum absolute atomic E-state index is 15.2. The van der Waals surface area contributed by atoms with Crippen LogP contribution in [0.15, 0.2) is 60.8 Å². The molecule has 0 aliphatic rings. The van der Waals surface area contributed by atoms with Gasteiger partial charge >= 0.3 is 42.2 Å². The van der Waals surface area contributed by atoms with Gasteiger partial charge in [-0.25, -0.2) is 18.4 Å². The number of thioether (sulfide) groups is 2. The maximum Gasteiger partial charge on any atom is 0.490 e. The molecule has 0 spiro atoms. The molecule has 0 radical (unpaired) electrons. The van der Waals surface area contributed by atoms with Gasteiger partial charge in [0.05, 0.1) is 82.2 Å². The van der Waals surface area contributed by atoms with Gasteiger partial charge in [-0.05, 0) is 54.6 Å². The Balaban J connectivity index is 0.00000251. The molecule has 0 fully saturated rings. The van der Waals surface area contributed by atoms with Crippen molar-refractivity contribution >= 4 is 76.8 Å². The summed E-state index contributed by atoms with van der Waals surface area (Å²) in [5, 5.41) is 43.5. The Hall–Kier alpha value is -6.75. The lowest BCUT2D eigenvalue weighted by Crippen LogP contribution is -2.44. The van der Waals surface area contributed by atoms with Crippen LogP contribution in [0.1, 0.15) is 76.6 Å². The third kappa shape index (κ3) is 34.1. The number of carbonyl (C=O) groups excluding carboxylic acids is 4. The van der Waals surface area contributed by atoms with E-state index in [0.29, 0.717) is 37.2 Å². The van der Waals surface area contributed by atoms with Crippen LogP contribution in [0.25, 0.3) is 11.1 Å². The lowest BCUT2D eigenvalue weighted by molar-refractivity contribution is -0.193. The van der Waals surface area contributed by atoms with E-state index in [1.54, 1.807) is 17.2 Å². The smallest absolute Gasteiger partial charge is 0.481 e. The molecule has 1 unspecified atom stereocenters. The summed E-state index contributed by atoms with van der Waals surface area (Å²) in [6, 6.07) is 12.9. The number of carboxylic acid groups (broad SMARTS) is 5. The number of Topliss-reactive ketones (excluding diaryl/α,β-unsaturated/α-hetero) is 2. The molecule has 1 heterocycles. The average molecular weight is 1320 g/mol. The lowest BCUT2D eigenvalue weighted by Gasteiger charge is -2.41. The van der Waals surface area contributed by atoms with Gasteiger partial charge in [0.25, 0.3) is 0 Å². The van der Waals surface area contributed by atoms with Crippen LogP contribution in [0.5, 0.6) is 0 Å². The van der Waals surface area contributed by atoms with E-state index >= 15 is 4.39 Å². The molecule has 33 heteroatoms. The van der Waals surface area contributed by atoms with Crippen LogP contribution in [0.4, 0.5) is 35.1 Å². The fraction of sp³-hybridized carbons (Fsp3) is 0.554. The monoisotopic (exact) mass is 1320 g/mol. The molecule has 89 heavy (non-hydrogen) atoms. The summed E-state index contributed by atoms with van der Waals surface area (Å²) < 4.78 is 117. The number of aliphatic carboxylic acids is 5. The highest BCUT2D eigenvalue weighted by molar-refractivity contribution is 8.00. The number of hydrogen-bond donors (Lipinski definition) is 8. The number of carboxylic acids is 5. The van der Waals surface area contributed by atoms with Crippen LogP contribution in [0.3, 0.4) is 0 Å². The highest BCUT2D eigenvalue weighted by Crippen LogP contribution is 2.41. The maximum atomic E-state index is 15.2. The number of ether oxygens (including phenoxy) is 4.